The molecule has 0 aliphatic heterocycles. The van der Waals surface area contributed by atoms with Gasteiger partial charge in [-0.25, -0.2) is 0 Å². The molecule has 17 heavy (non-hydrogen) atoms. The zero-order chi connectivity index (χ0) is 12.4. The topological polar surface area (TPSA) is 68.1 Å². The predicted octanol–water partition coefficient (Wildman–Crippen LogP) is 1.66. The average Bonchev–Trinajstić information content (AvgIpc) is 2.37. The van der Waals surface area contributed by atoms with Crippen LogP contribution in [0, 0.1) is 0 Å². The van der Waals surface area contributed by atoms with Crippen molar-refractivity contribution in [3.8, 4) is 11.5 Å². The molecule has 0 unspecified atom stereocenters. The first-order chi connectivity index (χ1) is 8.22. The van der Waals surface area contributed by atoms with Gasteiger partial charge in [0.2, 0.25) is 5.78 Å². The highest BCUT2D eigenvalue weighted by molar-refractivity contribution is 6.47. The largest absolute Gasteiger partial charge is 0.493 e. The number of Topliss-reactive ketones (excluding diaryl/α,β-unsaturated/α-hetero) is 1. The van der Waals surface area contributed by atoms with Gasteiger partial charge in [-0.1, -0.05) is 5.16 Å². The molecule has 2 rings (SSSR count). The molecule has 0 fully saturated rings. The van der Waals surface area contributed by atoms with Crippen LogP contribution in [0.5, 0.6) is 11.5 Å². The van der Waals surface area contributed by atoms with Crippen molar-refractivity contribution >= 4 is 11.5 Å². The van der Waals surface area contributed by atoms with E-state index in [9.17, 15) is 4.79 Å². The maximum atomic E-state index is 11.9. The van der Waals surface area contributed by atoms with E-state index in [0.717, 1.165) is 5.56 Å². The van der Waals surface area contributed by atoms with Crippen LogP contribution in [-0.4, -0.2) is 30.9 Å². The minimum atomic E-state index is -0.255. The Morgan fingerprint density at radius 2 is 2.00 bits per heavy atom. The van der Waals surface area contributed by atoms with Crippen molar-refractivity contribution in [2.45, 2.75) is 12.8 Å². The summed E-state index contributed by atoms with van der Waals surface area (Å²) in [6, 6.07) is 3.35. The lowest BCUT2D eigenvalue weighted by Gasteiger charge is -2.20. The third-order valence-electron chi connectivity index (χ3n) is 2.89. The van der Waals surface area contributed by atoms with Crippen LogP contribution in [0.4, 0.5) is 0 Å². The number of benzene rings is 1. The molecule has 0 heterocycles. The Kier molecular flexibility index (Phi) is 2.99. The van der Waals surface area contributed by atoms with Crippen LogP contribution < -0.4 is 9.47 Å². The van der Waals surface area contributed by atoms with E-state index in [2.05, 4.69) is 5.16 Å². The van der Waals surface area contributed by atoms with E-state index in [1.165, 1.54) is 7.11 Å². The van der Waals surface area contributed by atoms with Gasteiger partial charge in [0.15, 0.2) is 11.5 Å². The lowest BCUT2D eigenvalue weighted by Crippen LogP contribution is -2.23. The van der Waals surface area contributed by atoms with E-state index in [1.807, 2.05) is 0 Å². The second-order valence-corrected chi connectivity index (χ2v) is 3.70. The van der Waals surface area contributed by atoms with Crippen LogP contribution in [0.1, 0.15) is 22.3 Å². The van der Waals surface area contributed by atoms with Gasteiger partial charge in [0, 0.05) is 17.5 Å². The van der Waals surface area contributed by atoms with Gasteiger partial charge in [-0.3, -0.25) is 4.79 Å². The Hall–Kier alpha value is -2.04. The molecule has 0 spiro atoms. The molecule has 5 heteroatoms. The normalized spacial score (nSPS) is 16.8. The number of hydrogen-bond donors (Lipinski definition) is 1. The van der Waals surface area contributed by atoms with Gasteiger partial charge in [-0.2, -0.15) is 0 Å². The van der Waals surface area contributed by atoms with Crippen LogP contribution in [-0.2, 0) is 6.42 Å². The zero-order valence-corrected chi connectivity index (χ0v) is 9.69. The smallest absolute Gasteiger partial charge is 0.210 e. The summed E-state index contributed by atoms with van der Waals surface area (Å²) in [5.74, 6) is 0.925. The van der Waals surface area contributed by atoms with Gasteiger partial charge in [0.25, 0.3) is 0 Å². The Bertz CT molecular complexity index is 494. The van der Waals surface area contributed by atoms with Crippen LogP contribution in [0.25, 0.3) is 0 Å². The molecule has 0 saturated heterocycles. The molecule has 1 aromatic carbocycles. The third-order valence-corrected chi connectivity index (χ3v) is 2.89. The second kappa shape index (κ2) is 4.45. The van der Waals surface area contributed by atoms with Crippen LogP contribution in [0.3, 0.4) is 0 Å². The van der Waals surface area contributed by atoms with Crippen LogP contribution >= 0.6 is 0 Å². The van der Waals surface area contributed by atoms with Crippen molar-refractivity contribution in [3.63, 3.8) is 0 Å². The molecule has 1 aromatic rings. The maximum Gasteiger partial charge on any atom is 0.210 e. The fourth-order valence-corrected chi connectivity index (χ4v) is 2.06. The summed E-state index contributed by atoms with van der Waals surface area (Å²) in [5.41, 5.74) is 1.51. The lowest BCUT2D eigenvalue weighted by molar-refractivity contribution is 0.105. The number of oxime groups is 1. The Morgan fingerprint density at radius 3 is 2.59 bits per heavy atom. The molecule has 1 aliphatic carbocycles. The van der Waals surface area contributed by atoms with E-state index in [0.29, 0.717) is 29.9 Å². The predicted molar refractivity (Wildman–Crippen MR) is 61.4 cm³/mol. The average molecular weight is 235 g/mol. The van der Waals surface area contributed by atoms with Crippen molar-refractivity contribution in [2.75, 3.05) is 14.2 Å². The molecule has 1 N–H and O–H groups in total. The number of ketones is 1. The number of nitrogens with zero attached hydrogens (tertiary/aromatic N) is 1. The number of methoxy groups -OCH3 is 2. The molecule has 1 aliphatic rings. The summed E-state index contributed by atoms with van der Waals surface area (Å²) in [4.78, 5) is 11.9. The summed E-state index contributed by atoms with van der Waals surface area (Å²) in [6.07, 6.45) is 1.01. The molecular weight excluding hydrogens is 222 g/mol. The number of hydrogen-bond acceptors (Lipinski definition) is 5. The highest BCUT2D eigenvalue weighted by Gasteiger charge is 2.27. The molecule has 0 amide bonds. The Labute approximate surface area is 98.6 Å². The van der Waals surface area contributed by atoms with E-state index >= 15 is 0 Å². The molecule has 0 aromatic heterocycles. The quantitative estimate of drug-likeness (QED) is 0.625. The molecule has 0 saturated carbocycles. The van der Waals surface area contributed by atoms with Crippen molar-refractivity contribution in [2.24, 2.45) is 5.16 Å². The molecular formula is C12H13NO4. The fourth-order valence-electron chi connectivity index (χ4n) is 2.06. The minimum Gasteiger partial charge on any atom is -0.493 e. The van der Waals surface area contributed by atoms with Crippen molar-refractivity contribution in [1.82, 2.24) is 0 Å². The van der Waals surface area contributed by atoms with E-state index in [-0.39, 0.29) is 11.5 Å². The summed E-state index contributed by atoms with van der Waals surface area (Å²) in [6.45, 7) is 0. The first-order valence-corrected chi connectivity index (χ1v) is 5.22. The maximum absolute atomic E-state index is 11.9. The molecule has 0 bridgehead atoms. The lowest BCUT2D eigenvalue weighted by atomic mass is 9.88. The summed E-state index contributed by atoms with van der Waals surface area (Å²) in [7, 11) is 3.09. The Morgan fingerprint density at radius 1 is 1.24 bits per heavy atom. The van der Waals surface area contributed by atoms with Gasteiger partial charge in [0.05, 0.1) is 14.2 Å². The van der Waals surface area contributed by atoms with Gasteiger partial charge < -0.3 is 14.7 Å². The molecule has 0 radical (unpaired) electrons. The summed E-state index contributed by atoms with van der Waals surface area (Å²) in [5, 5.41) is 11.7. The number of ether oxygens (including phenoxy) is 2. The zero-order valence-electron chi connectivity index (χ0n) is 9.69. The number of carbonyl (C=O) groups excluding carboxylic acids is 1. The summed E-state index contributed by atoms with van der Waals surface area (Å²) < 4.78 is 10.4. The fraction of sp³-hybridized carbons (Fsp3) is 0.333. The monoisotopic (exact) mass is 235 g/mol. The third kappa shape index (κ3) is 1.73. The number of rotatable bonds is 2. The van der Waals surface area contributed by atoms with Crippen molar-refractivity contribution < 1.29 is 19.5 Å². The number of fused-ring (bicyclic) bond motifs is 1. The Balaban J connectivity index is 2.58. The molecule has 90 valence electrons. The minimum absolute atomic E-state index is 0.185. The van der Waals surface area contributed by atoms with Crippen molar-refractivity contribution in [3.05, 3.63) is 23.3 Å². The van der Waals surface area contributed by atoms with E-state index < -0.39 is 0 Å². The molecule has 0 atom stereocenters. The van der Waals surface area contributed by atoms with E-state index in [4.69, 9.17) is 14.7 Å². The second-order valence-electron chi connectivity index (χ2n) is 3.70. The van der Waals surface area contributed by atoms with Crippen LogP contribution in [0.15, 0.2) is 17.3 Å². The van der Waals surface area contributed by atoms with Crippen molar-refractivity contribution in [1.29, 1.82) is 0 Å². The van der Waals surface area contributed by atoms with Gasteiger partial charge in [-0.15, -0.1) is 0 Å². The molecule has 5 nitrogen and oxygen atoms in total. The van der Waals surface area contributed by atoms with Crippen LogP contribution in [0.2, 0.25) is 0 Å². The SMILES string of the molecule is COc1ccc2c(c1OC)CCC(=NO)C2=O. The van der Waals surface area contributed by atoms with Gasteiger partial charge >= 0.3 is 0 Å². The summed E-state index contributed by atoms with van der Waals surface area (Å²) >= 11 is 0. The first kappa shape index (κ1) is 11.4. The number of carbonyl (C=O) groups is 1. The van der Waals surface area contributed by atoms with E-state index in [1.54, 1.807) is 19.2 Å². The first-order valence-electron chi connectivity index (χ1n) is 5.22. The highest BCUT2D eigenvalue weighted by atomic mass is 16.5. The standard InChI is InChI=1S/C12H13NO4/c1-16-10-6-4-7-8(12(10)17-2)3-5-9(13-15)11(7)14/h4,6,15H,3,5H2,1-2H3. The highest BCUT2D eigenvalue weighted by Crippen LogP contribution is 2.36. The van der Waals surface area contributed by atoms with Gasteiger partial charge in [-0.05, 0) is 18.6 Å². The van der Waals surface area contributed by atoms with Gasteiger partial charge in [0.1, 0.15) is 5.71 Å².